The lowest BCUT2D eigenvalue weighted by Gasteiger charge is -2.25. The van der Waals surface area contributed by atoms with Gasteiger partial charge in [-0.1, -0.05) is 23.2 Å². The lowest BCUT2D eigenvalue weighted by Crippen LogP contribution is -2.34. The Morgan fingerprint density at radius 2 is 2.21 bits per heavy atom. The molecule has 1 saturated heterocycles. The first kappa shape index (κ1) is 10.2. The van der Waals surface area contributed by atoms with Gasteiger partial charge in [0.1, 0.15) is 0 Å². The summed E-state index contributed by atoms with van der Waals surface area (Å²) in [5.74, 6) is 0. The van der Waals surface area contributed by atoms with Crippen LogP contribution in [0.5, 0.6) is 0 Å². The number of ether oxygens (including phenoxy) is 1. The maximum Gasteiger partial charge on any atom is 0.0662 e. The van der Waals surface area contributed by atoms with E-state index in [-0.39, 0.29) is 6.04 Å². The minimum absolute atomic E-state index is 0.162. The van der Waals surface area contributed by atoms with E-state index < -0.39 is 0 Å². The normalized spacial score (nSPS) is 22.3. The smallest absolute Gasteiger partial charge is 0.0662 e. The molecule has 1 fully saturated rings. The van der Waals surface area contributed by atoms with Crippen molar-refractivity contribution in [3.05, 3.63) is 33.8 Å². The van der Waals surface area contributed by atoms with E-state index in [1.165, 1.54) is 0 Å². The highest BCUT2D eigenvalue weighted by atomic mass is 35.5. The molecule has 1 aromatic rings. The Kier molecular flexibility index (Phi) is 3.29. The molecule has 1 aliphatic rings. The van der Waals surface area contributed by atoms with Crippen LogP contribution in [0.3, 0.4) is 0 Å². The van der Waals surface area contributed by atoms with E-state index in [0.29, 0.717) is 11.6 Å². The molecule has 1 heterocycles. The second kappa shape index (κ2) is 4.49. The van der Waals surface area contributed by atoms with E-state index in [9.17, 15) is 0 Å². The van der Waals surface area contributed by atoms with Crippen molar-refractivity contribution >= 4 is 23.2 Å². The van der Waals surface area contributed by atoms with Crippen LogP contribution >= 0.6 is 23.2 Å². The number of hydrogen-bond donors (Lipinski definition) is 1. The van der Waals surface area contributed by atoms with Crippen molar-refractivity contribution in [3.8, 4) is 0 Å². The maximum absolute atomic E-state index is 6.08. The average Bonchev–Trinajstić information content (AvgIpc) is 2.23. The molecule has 2 rings (SSSR count). The summed E-state index contributed by atoms with van der Waals surface area (Å²) >= 11 is 12.0. The van der Waals surface area contributed by atoms with Crippen LogP contribution in [0.1, 0.15) is 11.6 Å². The Labute approximate surface area is 93.2 Å². The van der Waals surface area contributed by atoms with Crippen molar-refractivity contribution in [2.45, 2.75) is 6.04 Å². The summed E-state index contributed by atoms with van der Waals surface area (Å²) in [7, 11) is 0. The fourth-order valence-electron chi connectivity index (χ4n) is 1.55. The Balaban J connectivity index is 2.24. The van der Waals surface area contributed by atoms with Gasteiger partial charge in [-0.25, -0.2) is 0 Å². The van der Waals surface area contributed by atoms with E-state index in [2.05, 4.69) is 5.32 Å². The fraction of sp³-hybridized carbons (Fsp3) is 0.400. The molecule has 1 unspecified atom stereocenters. The van der Waals surface area contributed by atoms with E-state index >= 15 is 0 Å². The molecule has 1 atom stereocenters. The monoisotopic (exact) mass is 231 g/mol. The zero-order valence-corrected chi connectivity index (χ0v) is 9.11. The SMILES string of the molecule is Clc1ccc(Cl)c(C2COCCN2)c1. The fourth-order valence-corrected chi connectivity index (χ4v) is 1.98. The first-order valence-electron chi connectivity index (χ1n) is 4.53. The molecule has 0 spiro atoms. The summed E-state index contributed by atoms with van der Waals surface area (Å²) < 4.78 is 5.37. The van der Waals surface area contributed by atoms with Crippen molar-refractivity contribution in [1.29, 1.82) is 0 Å². The summed E-state index contributed by atoms with van der Waals surface area (Å²) in [5, 5.41) is 4.77. The van der Waals surface area contributed by atoms with Gasteiger partial charge in [-0.05, 0) is 23.8 Å². The second-order valence-corrected chi connectivity index (χ2v) is 4.09. The van der Waals surface area contributed by atoms with Crippen molar-refractivity contribution in [1.82, 2.24) is 5.32 Å². The first-order valence-corrected chi connectivity index (χ1v) is 5.29. The van der Waals surface area contributed by atoms with Crippen molar-refractivity contribution in [2.24, 2.45) is 0 Å². The highest BCUT2D eigenvalue weighted by molar-refractivity contribution is 6.33. The summed E-state index contributed by atoms with van der Waals surface area (Å²) in [6.45, 7) is 2.27. The highest BCUT2D eigenvalue weighted by Gasteiger charge is 2.17. The van der Waals surface area contributed by atoms with Crippen LogP contribution in [0.15, 0.2) is 18.2 Å². The molecule has 0 aromatic heterocycles. The van der Waals surface area contributed by atoms with Crippen LogP contribution in [0.4, 0.5) is 0 Å². The molecule has 0 saturated carbocycles. The van der Waals surface area contributed by atoms with Crippen LogP contribution in [0, 0.1) is 0 Å². The number of benzene rings is 1. The van der Waals surface area contributed by atoms with Crippen LogP contribution in [-0.2, 0) is 4.74 Å². The lowest BCUT2D eigenvalue weighted by molar-refractivity contribution is 0.0769. The maximum atomic E-state index is 6.08. The Morgan fingerprint density at radius 3 is 2.93 bits per heavy atom. The number of hydrogen-bond acceptors (Lipinski definition) is 2. The first-order chi connectivity index (χ1) is 6.77. The zero-order chi connectivity index (χ0) is 9.97. The largest absolute Gasteiger partial charge is 0.378 e. The summed E-state index contributed by atoms with van der Waals surface area (Å²) in [6.07, 6.45) is 0. The van der Waals surface area contributed by atoms with Crippen LogP contribution in [0.25, 0.3) is 0 Å². The molecule has 0 aliphatic carbocycles. The molecule has 0 bridgehead atoms. The third kappa shape index (κ3) is 2.20. The summed E-state index contributed by atoms with van der Waals surface area (Å²) in [5.41, 5.74) is 1.01. The summed E-state index contributed by atoms with van der Waals surface area (Å²) in [6, 6.07) is 5.65. The van der Waals surface area contributed by atoms with E-state index in [1.54, 1.807) is 6.07 Å². The van der Waals surface area contributed by atoms with Gasteiger partial charge in [0.15, 0.2) is 0 Å². The van der Waals surface area contributed by atoms with Gasteiger partial charge in [-0.15, -0.1) is 0 Å². The van der Waals surface area contributed by atoms with Gasteiger partial charge in [-0.3, -0.25) is 0 Å². The zero-order valence-electron chi connectivity index (χ0n) is 7.59. The number of halogens is 2. The number of morpholine rings is 1. The third-order valence-electron chi connectivity index (χ3n) is 2.26. The molecule has 0 radical (unpaired) electrons. The van der Waals surface area contributed by atoms with Gasteiger partial charge in [0.05, 0.1) is 19.3 Å². The van der Waals surface area contributed by atoms with Gasteiger partial charge in [-0.2, -0.15) is 0 Å². The van der Waals surface area contributed by atoms with Crippen LogP contribution in [0.2, 0.25) is 10.0 Å². The minimum Gasteiger partial charge on any atom is -0.378 e. The third-order valence-corrected chi connectivity index (χ3v) is 2.83. The van der Waals surface area contributed by atoms with Gasteiger partial charge >= 0.3 is 0 Å². The van der Waals surface area contributed by atoms with Gasteiger partial charge in [0.2, 0.25) is 0 Å². The molecule has 76 valence electrons. The van der Waals surface area contributed by atoms with E-state index in [1.807, 2.05) is 12.1 Å². The Morgan fingerprint density at radius 1 is 1.36 bits per heavy atom. The molecule has 1 aliphatic heterocycles. The molecule has 4 heteroatoms. The standard InChI is InChI=1S/C10H11Cl2NO/c11-7-1-2-9(12)8(5-7)10-6-14-4-3-13-10/h1-2,5,10,13H,3-4,6H2. The Hall–Kier alpha value is -0.280. The van der Waals surface area contributed by atoms with Crippen molar-refractivity contribution in [3.63, 3.8) is 0 Å². The van der Waals surface area contributed by atoms with Gasteiger partial charge < -0.3 is 10.1 Å². The molecule has 1 aromatic carbocycles. The van der Waals surface area contributed by atoms with Crippen molar-refractivity contribution < 1.29 is 4.74 Å². The molecule has 14 heavy (non-hydrogen) atoms. The van der Waals surface area contributed by atoms with E-state index in [0.717, 1.165) is 23.7 Å². The molecular weight excluding hydrogens is 221 g/mol. The number of rotatable bonds is 1. The second-order valence-electron chi connectivity index (χ2n) is 3.25. The highest BCUT2D eigenvalue weighted by Crippen LogP contribution is 2.27. The molecule has 0 amide bonds. The minimum atomic E-state index is 0.162. The molecule has 2 nitrogen and oxygen atoms in total. The summed E-state index contributed by atoms with van der Waals surface area (Å²) in [4.78, 5) is 0. The van der Waals surface area contributed by atoms with Crippen LogP contribution < -0.4 is 5.32 Å². The molecular formula is C10H11Cl2NO. The predicted molar refractivity (Wildman–Crippen MR) is 58.0 cm³/mol. The number of nitrogens with one attached hydrogen (secondary N) is 1. The van der Waals surface area contributed by atoms with E-state index in [4.69, 9.17) is 27.9 Å². The predicted octanol–water partition coefficient (Wildman–Crippen LogP) is 2.65. The molecule has 1 N–H and O–H groups in total. The topological polar surface area (TPSA) is 21.3 Å². The quantitative estimate of drug-likeness (QED) is 0.803. The average molecular weight is 232 g/mol. The van der Waals surface area contributed by atoms with Gasteiger partial charge in [0, 0.05) is 16.6 Å². The van der Waals surface area contributed by atoms with Gasteiger partial charge in [0.25, 0.3) is 0 Å². The van der Waals surface area contributed by atoms with Crippen molar-refractivity contribution in [2.75, 3.05) is 19.8 Å². The Bertz CT molecular complexity index is 324. The lowest BCUT2D eigenvalue weighted by atomic mass is 10.1. The van der Waals surface area contributed by atoms with Crippen LogP contribution in [-0.4, -0.2) is 19.8 Å².